The van der Waals surface area contributed by atoms with Gasteiger partial charge in [-0.15, -0.1) is 0 Å². The number of nitrogens with one attached hydrogen (secondary N) is 1. The Bertz CT molecular complexity index is 934. The number of carbonyl (C=O) groups is 3. The van der Waals surface area contributed by atoms with Gasteiger partial charge >= 0.3 is 5.97 Å². The molecule has 8 heteroatoms. The summed E-state index contributed by atoms with van der Waals surface area (Å²) in [5.41, 5.74) is 2.70. The Balaban J connectivity index is 1.81. The molecular weight excluding hydrogens is 360 g/mol. The quantitative estimate of drug-likeness (QED) is 0.842. The van der Waals surface area contributed by atoms with Crippen molar-refractivity contribution in [2.45, 2.75) is 39.2 Å². The molecule has 28 heavy (non-hydrogen) atoms. The summed E-state index contributed by atoms with van der Waals surface area (Å²) in [5.74, 6) is -1.62. The summed E-state index contributed by atoms with van der Waals surface area (Å²) in [7, 11) is 1.77. The third-order valence-electron chi connectivity index (χ3n) is 5.15. The number of rotatable bonds is 4. The van der Waals surface area contributed by atoms with Gasteiger partial charge in [0.05, 0.1) is 11.3 Å². The number of benzene rings is 1. The highest BCUT2D eigenvalue weighted by Gasteiger charge is 2.32. The molecule has 1 aliphatic heterocycles. The zero-order valence-corrected chi connectivity index (χ0v) is 16.2. The first kappa shape index (κ1) is 19.6. The van der Waals surface area contributed by atoms with Crippen molar-refractivity contribution in [3.8, 4) is 0 Å². The summed E-state index contributed by atoms with van der Waals surface area (Å²) in [6.07, 6.45) is 2.03. The minimum Gasteiger partial charge on any atom is -0.480 e. The van der Waals surface area contributed by atoms with E-state index in [1.165, 1.54) is 4.90 Å². The van der Waals surface area contributed by atoms with Crippen LogP contribution in [0.5, 0.6) is 0 Å². The molecule has 1 fully saturated rings. The first-order chi connectivity index (χ1) is 13.3. The fourth-order valence-electron chi connectivity index (χ4n) is 3.62. The van der Waals surface area contributed by atoms with E-state index in [0.29, 0.717) is 35.5 Å². The molecule has 2 amide bonds. The van der Waals surface area contributed by atoms with Crippen LogP contribution in [0.25, 0.3) is 0 Å². The molecule has 0 aliphatic carbocycles. The van der Waals surface area contributed by atoms with Gasteiger partial charge < -0.3 is 15.3 Å². The van der Waals surface area contributed by atoms with Gasteiger partial charge in [-0.3, -0.25) is 14.3 Å². The van der Waals surface area contributed by atoms with E-state index in [9.17, 15) is 19.5 Å². The van der Waals surface area contributed by atoms with Crippen LogP contribution in [0.2, 0.25) is 0 Å². The lowest BCUT2D eigenvalue weighted by molar-refractivity contribution is -0.143. The largest absolute Gasteiger partial charge is 0.480 e. The van der Waals surface area contributed by atoms with E-state index >= 15 is 0 Å². The lowest BCUT2D eigenvalue weighted by Gasteiger charge is -2.33. The maximum absolute atomic E-state index is 12.9. The molecule has 8 nitrogen and oxygen atoms in total. The first-order valence-electron chi connectivity index (χ1n) is 9.25. The number of anilines is 1. The van der Waals surface area contributed by atoms with Crippen LogP contribution >= 0.6 is 0 Å². The van der Waals surface area contributed by atoms with Gasteiger partial charge in [0.1, 0.15) is 6.04 Å². The average Bonchev–Trinajstić information content (AvgIpc) is 2.93. The second-order valence-corrected chi connectivity index (χ2v) is 7.05. The summed E-state index contributed by atoms with van der Waals surface area (Å²) >= 11 is 0. The lowest BCUT2D eigenvalue weighted by Crippen LogP contribution is -2.48. The topological polar surface area (TPSA) is 105 Å². The number of likely N-dealkylation sites (tertiary alicyclic amines) is 1. The summed E-state index contributed by atoms with van der Waals surface area (Å²) in [6.45, 7) is 4.00. The van der Waals surface area contributed by atoms with Crippen molar-refractivity contribution in [2.24, 2.45) is 7.05 Å². The molecule has 2 heterocycles. The average molecular weight is 384 g/mol. The van der Waals surface area contributed by atoms with Gasteiger partial charge in [0.25, 0.3) is 11.8 Å². The number of amides is 2. The van der Waals surface area contributed by atoms with Crippen molar-refractivity contribution >= 4 is 23.5 Å². The second-order valence-electron chi connectivity index (χ2n) is 7.05. The van der Waals surface area contributed by atoms with Crippen LogP contribution in [0.15, 0.2) is 24.3 Å². The maximum atomic E-state index is 12.9. The molecule has 1 saturated heterocycles. The Hall–Kier alpha value is -3.16. The van der Waals surface area contributed by atoms with Crippen LogP contribution in [0.1, 0.15) is 51.4 Å². The summed E-state index contributed by atoms with van der Waals surface area (Å²) in [4.78, 5) is 38.4. The van der Waals surface area contributed by atoms with Gasteiger partial charge in [-0.05, 0) is 51.3 Å². The molecule has 1 unspecified atom stereocenters. The standard InChI is InChI=1S/C20H24N4O4/c1-12-17(13(2)23(3)22-12)18(25)21-15-8-6-7-14(11-15)19(26)24-10-5-4-9-16(24)20(27)28/h6-8,11,16H,4-5,9-10H2,1-3H3,(H,21,25)(H,27,28). The number of aromatic nitrogens is 2. The van der Waals surface area contributed by atoms with E-state index in [1.54, 1.807) is 42.9 Å². The van der Waals surface area contributed by atoms with Crippen LogP contribution in [0.4, 0.5) is 5.69 Å². The molecule has 1 atom stereocenters. The van der Waals surface area contributed by atoms with Gasteiger partial charge in [0.15, 0.2) is 0 Å². The Morgan fingerprint density at radius 2 is 1.96 bits per heavy atom. The number of hydrogen-bond acceptors (Lipinski definition) is 4. The molecule has 0 bridgehead atoms. The number of carboxylic acids is 1. The molecule has 0 radical (unpaired) electrons. The van der Waals surface area contributed by atoms with Crippen LogP contribution in [-0.2, 0) is 11.8 Å². The Kier molecular flexibility index (Phi) is 5.48. The SMILES string of the molecule is Cc1nn(C)c(C)c1C(=O)Nc1cccc(C(=O)N2CCCCC2C(=O)O)c1. The fraction of sp³-hybridized carbons (Fsp3) is 0.400. The monoisotopic (exact) mass is 384 g/mol. The molecule has 0 spiro atoms. The van der Waals surface area contributed by atoms with E-state index in [4.69, 9.17) is 0 Å². The smallest absolute Gasteiger partial charge is 0.326 e. The predicted molar refractivity (Wildman–Crippen MR) is 103 cm³/mol. The molecule has 3 rings (SSSR count). The molecule has 0 saturated carbocycles. The zero-order chi connectivity index (χ0) is 20.4. The first-order valence-corrected chi connectivity index (χ1v) is 9.25. The third kappa shape index (κ3) is 3.76. The van der Waals surface area contributed by atoms with Gasteiger partial charge in [-0.2, -0.15) is 5.10 Å². The summed E-state index contributed by atoms with van der Waals surface area (Å²) < 4.78 is 1.65. The van der Waals surface area contributed by atoms with Gasteiger partial charge in [-0.25, -0.2) is 4.79 Å². The van der Waals surface area contributed by atoms with Gasteiger partial charge in [0.2, 0.25) is 0 Å². The molecular formula is C20H24N4O4. The number of piperidine rings is 1. The number of aryl methyl sites for hydroxylation is 2. The molecule has 1 aliphatic rings. The van der Waals surface area contributed by atoms with E-state index < -0.39 is 12.0 Å². The number of carbonyl (C=O) groups excluding carboxylic acids is 2. The Morgan fingerprint density at radius 3 is 2.61 bits per heavy atom. The predicted octanol–water partition coefficient (Wildman–Crippen LogP) is 2.37. The maximum Gasteiger partial charge on any atom is 0.326 e. The number of aliphatic carboxylic acids is 1. The number of carboxylic acid groups (broad SMARTS) is 1. The highest BCUT2D eigenvalue weighted by molar-refractivity contribution is 6.06. The van der Waals surface area contributed by atoms with E-state index in [2.05, 4.69) is 10.4 Å². The van der Waals surface area contributed by atoms with Crippen LogP contribution in [0.3, 0.4) is 0 Å². The van der Waals surface area contributed by atoms with E-state index in [-0.39, 0.29) is 11.8 Å². The second kappa shape index (κ2) is 7.84. The van der Waals surface area contributed by atoms with E-state index in [0.717, 1.165) is 18.5 Å². The third-order valence-corrected chi connectivity index (χ3v) is 5.15. The highest BCUT2D eigenvalue weighted by atomic mass is 16.4. The minimum absolute atomic E-state index is 0.297. The minimum atomic E-state index is -0.986. The fourth-order valence-corrected chi connectivity index (χ4v) is 3.62. The van der Waals surface area contributed by atoms with Crippen molar-refractivity contribution in [3.05, 3.63) is 46.8 Å². The number of nitrogens with zero attached hydrogens (tertiary/aromatic N) is 3. The van der Waals surface area contributed by atoms with E-state index in [1.807, 2.05) is 6.92 Å². The Morgan fingerprint density at radius 1 is 1.21 bits per heavy atom. The molecule has 1 aromatic heterocycles. The van der Waals surface area contributed by atoms with Crippen LogP contribution in [-0.4, -0.2) is 50.2 Å². The molecule has 1 aromatic carbocycles. The van der Waals surface area contributed by atoms with Crippen LogP contribution < -0.4 is 5.32 Å². The van der Waals surface area contributed by atoms with Crippen LogP contribution in [0, 0.1) is 13.8 Å². The summed E-state index contributed by atoms with van der Waals surface area (Å²) in [6, 6.07) is 5.77. The van der Waals surface area contributed by atoms with Gasteiger partial charge in [0, 0.05) is 30.5 Å². The molecule has 2 N–H and O–H groups in total. The molecule has 148 valence electrons. The summed E-state index contributed by atoms with van der Waals surface area (Å²) in [5, 5.41) is 16.4. The highest BCUT2D eigenvalue weighted by Crippen LogP contribution is 2.22. The lowest BCUT2D eigenvalue weighted by atomic mass is 10.0. The normalized spacial score (nSPS) is 16.7. The molecule has 2 aromatic rings. The Labute approximate surface area is 163 Å². The van der Waals surface area contributed by atoms with Crippen molar-refractivity contribution < 1.29 is 19.5 Å². The van der Waals surface area contributed by atoms with Crippen molar-refractivity contribution in [1.29, 1.82) is 0 Å². The van der Waals surface area contributed by atoms with Crippen molar-refractivity contribution in [3.63, 3.8) is 0 Å². The zero-order valence-electron chi connectivity index (χ0n) is 16.2. The number of hydrogen-bond donors (Lipinski definition) is 2. The van der Waals surface area contributed by atoms with Crippen molar-refractivity contribution in [2.75, 3.05) is 11.9 Å². The van der Waals surface area contributed by atoms with Gasteiger partial charge in [-0.1, -0.05) is 6.07 Å². The van der Waals surface area contributed by atoms with Crippen molar-refractivity contribution in [1.82, 2.24) is 14.7 Å².